The van der Waals surface area contributed by atoms with Crippen LogP contribution in [0, 0.1) is 6.20 Å². The van der Waals surface area contributed by atoms with Gasteiger partial charge in [0.15, 0.2) is 11.5 Å². The van der Waals surface area contributed by atoms with Crippen LogP contribution in [0.2, 0.25) is 0 Å². The second-order valence-corrected chi connectivity index (χ2v) is 3.98. The molecule has 8 nitrogen and oxygen atoms in total. The van der Waals surface area contributed by atoms with Crippen LogP contribution < -0.4 is 19.9 Å². The minimum Gasteiger partial charge on any atom is -0.493 e. The number of ether oxygens (including phenoxy) is 3. The number of nitrogens with zero attached hydrogens (tertiary/aromatic N) is 2. The Morgan fingerprint density at radius 2 is 2.09 bits per heavy atom. The summed E-state index contributed by atoms with van der Waals surface area (Å²) >= 11 is 0. The van der Waals surface area contributed by atoms with Crippen molar-refractivity contribution >= 4 is 5.91 Å². The van der Waals surface area contributed by atoms with Crippen molar-refractivity contribution in [2.45, 2.75) is 0 Å². The number of amides is 1. The van der Waals surface area contributed by atoms with Crippen LogP contribution in [-0.2, 0) is 0 Å². The lowest BCUT2D eigenvalue weighted by atomic mass is 10.3. The van der Waals surface area contributed by atoms with E-state index >= 15 is 0 Å². The molecule has 0 atom stereocenters. The number of aliphatic hydroxyl groups is 1. The first-order chi connectivity index (χ1) is 10.7. The highest BCUT2D eigenvalue weighted by molar-refractivity contribution is 5.88. The van der Waals surface area contributed by atoms with Gasteiger partial charge in [-0.1, -0.05) is 12.1 Å². The van der Waals surface area contributed by atoms with Gasteiger partial charge in [-0.25, -0.2) is 4.98 Å². The van der Waals surface area contributed by atoms with Crippen molar-refractivity contribution in [2.75, 3.05) is 20.3 Å². The van der Waals surface area contributed by atoms with Crippen molar-refractivity contribution in [1.82, 2.24) is 9.97 Å². The molecule has 2 aromatic rings. The summed E-state index contributed by atoms with van der Waals surface area (Å²) in [4.78, 5) is 18.6. The highest BCUT2D eigenvalue weighted by Crippen LogP contribution is 2.34. The molecule has 0 saturated carbocycles. The van der Waals surface area contributed by atoms with E-state index in [1.54, 1.807) is 24.3 Å². The number of nitrogens with two attached hydrogens (primary N) is 1. The molecule has 0 unspecified atom stereocenters. The number of carbonyl (C=O) groups is 1. The summed E-state index contributed by atoms with van der Waals surface area (Å²) in [5, 5.41) is 8.84. The molecule has 0 aliphatic rings. The number of benzene rings is 1. The number of aromatic nitrogens is 2. The van der Waals surface area contributed by atoms with Gasteiger partial charge in [0.25, 0.3) is 11.8 Å². The quantitative estimate of drug-likeness (QED) is 0.767. The molecular weight excluding hydrogens is 290 g/mol. The van der Waals surface area contributed by atoms with Crippen LogP contribution in [-0.4, -0.2) is 41.3 Å². The summed E-state index contributed by atoms with van der Waals surface area (Å²) in [6.07, 6.45) is 2.50. The fourth-order valence-corrected chi connectivity index (χ4v) is 1.55. The molecule has 0 fully saturated rings. The number of rotatable bonds is 7. The maximum Gasteiger partial charge on any atom is 0.286 e. The molecule has 0 spiro atoms. The van der Waals surface area contributed by atoms with E-state index in [0.29, 0.717) is 11.5 Å². The number of methoxy groups -OCH3 is 1. The second-order valence-electron chi connectivity index (χ2n) is 3.98. The third kappa shape index (κ3) is 3.61. The fourth-order valence-electron chi connectivity index (χ4n) is 1.55. The van der Waals surface area contributed by atoms with Crippen molar-refractivity contribution in [3.05, 3.63) is 36.3 Å². The molecule has 2 rings (SSSR count). The SMILES string of the molecule is COc1ccccc1Oc1[c]nc(C(N)=O)nc1OCCO. The van der Waals surface area contributed by atoms with Gasteiger partial charge in [0.1, 0.15) is 12.8 Å². The Bertz CT molecular complexity index is 663. The van der Waals surface area contributed by atoms with Crippen LogP contribution in [0.25, 0.3) is 0 Å². The molecule has 1 heterocycles. The van der Waals surface area contributed by atoms with E-state index in [2.05, 4.69) is 16.2 Å². The van der Waals surface area contributed by atoms with Crippen LogP contribution in [0.3, 0.4) is 0 Å². The van der Waals surface area contributed by atoms with Crippen LogP contribution in [0.5, 0.6) is 23.1 Å². The molecule has 0 aliphatic carbocycles. The number of aliphatic hydroxyl groups excluding tert-OH is 1. The van der Waals surface area contributed by atoms with Gasteiger partial charge >= 0.3 is 0 Å². The molecule has 0 saturated heterocycles. The molecular formula is C14H14N3O5. The van der Waals surface area contributed by atoms with Gasteiger partial charge < -0.3 is 25.1 Å². The van der Waals surface area contributed by atoms with Crippen molar-refractivity contribution in [2.24, 2.45) is 5.73 Å². The predicted octanol–water partition coefficient (Wildman–Crippen LogP) is 0.548. The van der Waals surface area contributed by atoms with E-state index in [4.69, 9.17) is 25.1 Å². The summed E-state index contributed by atoms with van der Waals surface area (Å²) < 4.78 is 16.0. The zero-order chi connectivity index (χ0) is 15.9. The topological polar surface area (TPSA) is 117 Å². The summed E-state index contributed by atoms with van der Waals surface area (Å²) in [5.74, 6) is -0.213. The number of hydrogen-bond acceptors (Lipinski definition) is 7. The molecule has 1 aromatic carbocycles. The van der Waals surface area contributed by atoms with E-state index in [1.165, 1.54) is 7.11 Å². The van der Waals surface area contributed by atoms with Crippen LogP contribution in [0.4, 0.5) is 0 Å². The molecule has 1 aromatic heterocycles. The molecule has 0 bridgehead atoms. The fraction of sp³-hybridized carbons (Fsp3) is 0.214. The standard InChI is InChI=1S/C14H14N3O5/c1-20-9-4-2-3-5-10(9)22-11-8-16-13(12(15)19)17-14(11)21-7-6-18/h2-5,18H,6-7H2,1H3,(H2,15,19). The van der Waals surface area contributed by atoms with Gasteiger partial charge in [0.05, 0.1) is 13.7 Å². The molecule has 115 valence electrons. The minimum absolute atomic E-state index is 0.0364. The predicted molar refractivity (Wildman–Crippen MR) is 75.0 cm³/mol. The van der Waals surface area contributed by atoms with Gasteiger partial charge in [0.2, 0.25) is 11.6 Å². The van der Waals surface area contributed by atoms with E-state index in [9.17, 15) is 4.79 Å². The van der Waals surface area contributed by atoms with Crippen molar-refractivity contribution in [1.29, 1.82) is 0 Å². The van der Waals surface area contributed by atoms with Crippen LogP contribution in [0.15, 0.2) is 24.3 Å². The zero-order valence-electron chi connectivity index (χ0n) is 11.8. The Labute approximate surface area is 126 Å². The third-order valence-corrected chi connectivity index (χ3v) is 2.50. The Morgan fingerprint density at radius 3 is 2.73 bits per heavy atom. The summed E-state index contributed by atoms with van der Waals surface area (Å²) in [6, 6.07) is 6.92. The number of hydrogen-bond donors (Lipinski definition) is 2. The molecule has 8 heteroatoms. The maximum absolute atomic E-state index is 11.1. The van der Waals surface area contributed by atoms with Gasteiger partial charge in [-0.15, -0.1) is 0 Å². The van der Waals surface area contributed by atoms with Crippen molar-refractivity contribution in [3.8, 4) is 23.1 Å². The number of para-hydroxylation sites is 2. The first-order valence-electron chi connectivity index (χ1n) is 6.29. The first-order valence-corrected chi connectivity index (χ1v) is 6.29. The second kappa shape index (κ2) is 7.23. The van der Waals surface area contributed by atoms with Gasteiger partial charge in [-0.2, -0.15) is 4.98 Å². The number of carbonyl (C=O) groups excluding carboxylic acids is 1. The molecule has 1 radical (unpaired) electrons. The lowest BCUT2D eigenvalue weighted by Gasteiger charge is -2.12. The molecule has 1 amide bonds. The Hall–Kier alpha value is -2.87. The maximum atomic E-state index is 11.1. The summed E-state index contributed by atoms with van der Waals surface area (Å²) in [7, 11) is 1.50. The smallest absolute Gasteiger partial charge is 0.286 e. The van der Waals surface area contributed by atoms with Crippen molar-refractivity contribution in [3.63, 3.8) is 0 Å². The van der Waals surface area contributed by atoms with Crippen LogP contribution >= 0.6 is 0 Å². The van der Waals surface area contributed by atoms with Gasteiger partial charge in [0, 0.05) is 0 Å². The normalized spacial score (nSPS) is 10.1. The number of primary amides is 1. The van der Waals surface area contributed by atoms with Gasteiger partial charge in [-0.05, 0) is 12.1 Å². The Morgan fingerprint density at radius 1 is 1.36 bits per heavy atom. The summed E-state index contributed by atoms with van der Waals surface area (Å²) in [5.41, 5.74) is 5.11. The summed E-state index contributed by atoms with van der Waals surface area (Å²) in [6.45, 7) is -0.269. The van der Waals surface area contributed by atoms with E-state index in [0.717, 1.165) is 0 Å². The monoisotopic (exact) mass is 304 g/mol. The Balaban J connectivity index is 2.34. The van der Waals surface area contributed by atoms with Crippen molar-refractivity contribution < 1.29 is 24.1 Å². The van der Waals surface area contributed by atoms with E-state index in [-0.39, 0.29) is 30.7 Å². The minimum atomic E-state index is -0.825. The average molecular weight is 304 g/mol. The highest BCUT2D eigenvalue weighted by atomic mass is 16.5. The highest BCUT2D eigenvalue weighted by Gasteiger charge is 2.16. The zero-order valence-corrected chi connectivity index (χ0v) is 11.8. The van der Waals surface area contributed by atoms with Crippen LogP contribution in [0.1, 0.15) is 10.6 Å². The van der Waals surface area contributed by atoms with E-state index in [1.807, 2.05) is 0 Å². The molecule has 0 aliphatic heterocycles. The lowest BCUT2D eigenvalue weighted by molar-refractivity contribution is 0.0988. The third-order valence-electron chi connectivity index (χ3n) is 2.50. The average Bonchev–Trinajstić information content (AvgIpc) is 2.54. The molecule has 22 heavy (non-hydrogen) atoms. The molecule has 3 N–H and O–H groups in total. The van der Waals surface area contributed by atoms with E-state index < -0.39 is 5.91 Å². The van der Waals surface area contributed by atoms with Gasteiger partial charge in [-0.3, -0.25) is 4.79 Å². The largest absolute Gasteiger partial charge is 0.493 e. The first kappa shape index (κ1) is 15.5. The lowest BCUT2D eigenvalue weighted by Crippen LogP contribution is -2.16. The Kier molecular flexibility index (Phi) is 5.10.